The number of benzene rings is 1. The first-order valence-corrected chi connectivity index (χ1v) is 7.34. The average Bonchev–Trinajstić information content (AvgIpc) is 2.97. The highest BCUT2D eigenvalue weighted by molar-refractivity contribution is 5.97. The van der Waals surface area contributed by atoms with Crippen molar-refractivity contribution in [3.63, 3.8) is 0 Å². The van der Waals surface area contributed by atoms with Crippen molar-refractivity contribution >= 4 is 5.91 Å². The van der Waals surface area contributed by atoms with E-state index in [0.717, 1.165) is 6.42 Å². The Labute approximate surface area is 129 Å². The summed E-state index contributed by atoms with van der Waals surface area (Å²) in [6.07, 6.45) is 0.874. The standard InChI is InChI=1S/C15H21N5O2/c1-4-10(2)13(9-21)16-15(22)12-7-5-6-8-14(12)20-11(3)17-18-19-20/h5-8,10,13,21H,4,9H2,1-3H3,(H,16,22)/t10-,13-/m0/s1. The molecule has 118 valence electrons. The molecule has 0 radical (unpaired) electrons. The number of nitrogens with zero attached hydrogens (tertiary/aromatic N) is 4. The third kappa shape index (κ3) is 3.30. The Hall–Kier alpha value is -2.28. The third-order valence-corrected chi connectivity index (χ3v) is 3.85. The maximum Gasteiger partial charge on any atom is 0.253 e. The number of rotatable bonds is 6. The highest BCUT2D eigenvalue weighted by atomic mass is 16.3. The zero-order chi connectivity index (χ0) is 16.1. The first-order valence-electron chi connectivity index (χ1n) is 7.34. The van der Waals surface area contributed by atoms with Gasteiger partial charge in [-0.2, -0.15) is 4.68 Å². The fraction of sp³-hybridized carbons (Fsp3) is 0.467. The molecule has 2 rings (SSSR count). The molecule has 22 heavy (non-hydrogen) atoms. The summed E-state index contributed by atoms with van der Waals surface area (Å²) in [4.78, 5) is 12.6. The number of tetrazole rings is 1. The monoisotopic (exact) mass is 303 g/mol. The lowest BCUT2D eigenvalue weighted by molar-refractivity contribution is 0.0891. The molecule has 0 spiro atoms. The van der Waals surface area contributed by atoms with Crippen molar-refractivity contribution in [1.29, 1.82) is 0 Å². The molecular formula is C15H21N5O2. The lowest BCUT2D eigenvalue weighted by Gasteiger charge is -2.22. The molecule has 0 aliphatic carbocycles. The number of hydrogen-bond donors (Lipinski definition) is 2. The number of nitrogens with one attached hydrogen (secondary N) is 1. The van der Waals surface area contributed by atoms with Crippen LogP contribution in [0.25, 0.3) is 5.69 Å². The number of para-hydroxylation sites is 1. The van der Waals surface area contributed by atoms with Gasteiger partial charge in [-0.1, -0.05) is 32.4 Å². The second-order valence-electron chi connectivity index (χ2n) is 5.30. The minimum atomic E-state index is -0.277. The van der Waals surface area contributed by atoms with Crippen LogP contribution in [0.5, 0.6) is 0 Å². The van der Waals surface area contributed by atoms with E-state index in [1.165, 1.54) is 4.68 Å². The van der Waals surface area contributed by atoms with Crippen LogP contribution in [0, 0.1) is 12.8 Å². The molecule has 7 nitrogen and oxygen atoms in total. The fourth-order valence-corrected chi connectivity index (χ4v) is 2.20. The summed E-state index contributed by atoms with van der Waals surface area (Å²) < 4.78 is 1.52. The number of aliphatic hydroxyl groups is 1. The first kappa shape index (κ1) is 16.1. The Kier molecular flexibility index (Phi) is 5.21. The quantitative estimate of drug-likeness (QED) is 0.834. The molecule has 0 fully saturated rings. The molecule has 2 atom stereocenters. The molecule has 0 bridgehead atoms. The topological polar surface area (TPSA) is 92.9 Å². The van der Waals surface area contributed by atoms with E-state index >= 15 is 0 Å². The highest BCUT2D eigenvalue weighted by Crippen LogP contribution is 2.15. The van der Waals surface area contributed by atoms with Gasteiger partial charge in [-0.3, -0.25) is 4.79 Å². The zero-order valence-electron chi connectivity index (χ0n) is 13.0. The summed E-state index contributed by atoms with van der Waals surface area (Å²) in [5, 5.41) is 23.7. The van der Waals surface area contributed by atoms with Gasteiger partial charge in [-0.15, -0.1) is 5.10 Å². The van der Waals surface area contributed by atoms with Crippen LogP contribution in [0.15, 0.2) is 24.3 Å². The van der Waals surface area contributed by atoms with Crippen molar-refractivity contribution in [2.75, 3.05) is 6.61 Å². The second kappa shape index (κ2) is 7.13. The van der Waals surface area contributed by atoms with Gasteiger partial charge in [-0.05, 0) is 35.4 Å². The summed E-state index contributed by atoms with van der Waals surface area (Å²) >= 11 is 0. The molecule has 0 aliphatic rings. The fourth-order valence-electron chi connectivity index (χ4n) is 2.20. The Bertz CT molecular complexity index is 640. The van der Waals surface area contributed by atoms with Crippen molar-refractivity contribution in [2.24, 2.45) is 5.92 Å². The smallest absolute Gasteiger partial charge is 0.253 e. The minimum Gasteiger partial charge on any atom is -0.394 e. The van der Waals surface area contributed by atoms with E-state index in [1.807, 2.05) is 19.9 Å². The van der Waals surface area contributed by atoms with Gasteiger partial charge in [0.15, 0.2) is 5.82 Å². The second-order valence-corrected chi connectivity index (χ2v) is 5.30. The van der Waals surface area contributed by atoms with E-state index in [1.54, 1.807) is 25.1 Å². The molecule has 1 amide bonds. The molecule has 2 N–H and O–H groups in total. The van der Waals surface area contributed by atoms with Crippen LogP contribution in [0.2, 0.25) is 0 Å². The number of carbonyl (C=O) groups excluding carboxylic acids is 1. The van der Waals surface area contributed by atoms with E-state index < -0.39 is 0 Å². The van der Waals surface area contributed by atoms with Gasteiger partial charge in [-0.25, -0.2) is 0 Å². The van der Waals surface area contributed by atoms with Crippen molar-refractivity contribution < 1.29 is 9.90 Å². The molecule has 0 aliphatic heterocycles. The summed E-state index contributed by atoms with van der Waals surface area (Å²) in [6.45, 7) is 5.70. The average molecular weight is 303 g/mol. The maximum atomic E-state index is 12.6. The maximum absolute atomic E-state index is 12.6. The molecule has 1 aromatic carbocycles. The van der Waals surface area contributed by atoms with Crippen LogP contribution in [-0.2, 0) is 0 Å². The zero-order valence-corrected chi connectivity index (χ0v) is 13.0. The Balaban J connectivity index is 2.29. The van der Waals surface area contributed by atoms with E-state index in [0.29, 0.717) is 17.1 Å². The molecule has 1 heterocycles. The number of hydrogen-bond acceptors (Lipinski definition) is 5. The first-order chi connectivity index (χ1) is 10.6. The highest BCUT2D eigenvalue weighted by Gasteiger charge is 2.21. The number of aryl methyl sites for hydroxylation is 1. The van der Waals surface area contributed by atoms with E-state index in [-0.39, 0.29) is 24.5 Å². The van der Waals surface area contributed by atoms with Crippen LogP contribution < -0.4 is 5.32 Å². The Morgan fingerprint density at radius 1 is 1.41 bits per heavy atom. The third-order valence-electron chi connectivity index (χ3n) is 3.85. The minimum absolute atomic E-state index is 0.0905. The van der Waals surface area contributed by atoms with Crippen LogP contribution in [0.3, 0.4) is 0 Å². The van der Waals surface area contributed by atoms with Crippen molar-refractivity contribution in [1.82, 2.24) is 25.5 Å². The van der Waals surface area contributed by atoms with Crippen molar-refractivity contribution in [3.8, 4) is 5.69 Å². The normalized spacial score (nSPS) is 13.6. The predicted molar refractivity (Wildman–Crippen MR) is 81.7 cm³/mol. The molecule has 0 unspecified atom stereocenters. The molecule has 7 heteroatoms. The van der Waals surface area contributed by atoms with Crippen molar-refractivity contribution in [2.45, 2.75) is 33.2 Å². The predicted octanol–water partition coefficient (Wildman–Crippen LogP) is 1.11. The Morgan fingerprint density at radius 2 is 2.14 bits per heavy atom. The van der Waals surface area contributed by atoms with Gasteiger partial charge in [0.05, 0.1) is 23.9 Å². The molecular weight excluding hydrogens is 282 g/mol. The van der Waals surface area contributed by atoms with E-state index in [2.05, 4.69) is 20.8 Å². The summed E-state index contributed by atoms with van der Waals surface area (Å²) in [5.74, 6) is 0.543. The molecule has 2 aromatic rings. The summed E-state index contributed by atoms with van der Waals surface area (Å²) in [5.41, 5.74) is 1.09. The van der Waals surface area contributed by atoms with E-state index in [9.17, 15) is 9.90 Å². The van der Waals surface area contributed by atoms with Gasteiger partial charge < -0.3 is 10.4 Å². The number of carbonyl (C=O) groups is 1. The van der Waals surface area contributed by atoms with Gasteiger partial charge >= 0.3 is 0 Å². The number of aromatic nitrogens is 4. The van der Waals surface area contributed by atoms with Crippen LogP contribution >= 0.6 is 0 Å². The summed E-state index contributed by atoms with van der Waals surface area (Å²) in [7, 11) is 0. The van der Waals surface area contributed by atoms with Crippen LogP contribution in [0.4, 0.5) is 0 Å². The number of aliphatic hydroxyl groups excluding tert-OH is 1. The molecule has 1 aromatic heterocycles. The van der Waals surface area contributed by atoms with Crippen LogP contribution in [-0.4, -0.2) is 43.9 Å². The lowest BCUT2D eigenvalue weighted by Crippen LogP contribution is -2.42. The van der Waals surface area contributed by atoms with Crippen molar-refractivity contribution in [3.05, 3.63) is 35.7 Å². The molecule has 0 saturated heterocycles. The largest absolute Gasteiger partial charge is 0.394 e. The van der Waals surface area contributed by atoms with Gasteiger partial charge in [0.1, 0.15) is 0 Å². The number of amides is 1. The van der Waals surface area contributed by atoms with Gasteiger partial charge in [0.25, 0.3) is 5.91 Å². The van der Waals surface area contributed by atoms with E-state index in [4.69, 9.17) is 0 Å². The summed E-state index contributed by atoms with van der Waals surface area (Å²) in [6, 6.07) is 6.84. The molecule has 0 saturated carbocycles. The van der Waals surface area contributed by atoms with Gasteiger partial charge in [0, 0.05) is 0 Å². The van der Waals surface area contributed by atoms with Gasteiger partial charge in [0.2, 0.25) is 0 Å². The lowest BCUT2D eigenvalue weighted by atomic mass is 9.99. The van der Waals surface area contributed by atoms with Crippen LogP contribution in [0.1, 0.15) is 36.5 Å². The Morgan fingerprint density at radius 3 is 2.73 bits per heavy atom. The SMILES string of the molecule is CC[C@H](C)[C@H](CO)NC(=O)c1ccccc1-n1nnnc1C.